The van der Waals surface area contributed by atoms with Crippen LogP contribution in [0.2, 0.25) is 0 Å². The van der Waals surface area contributed by atoms with Crippen LogP contribution in [0.15, 0.2) is 29.2 Å². The average Bonchev–Trinajstić information content (AvgIpc) is 2.38. The Bertz CT molecular complexity index is 479. The zero-order valence-corrected chi connectivity index (χ0v) is 10.9. The van der Waals surface area contributed by atoms with Gasteiger partial charge in [0.05, 0.1) is 11.0 Å². The van der Waals surface area contributed by atoms with Crippen molar-refractivity contribution < 1.29 is 13.2 Å². The molecule has 2 rings (SSSR count). The summed E-state index contributed by atoms with van der Waals surface area (Å²) in [5.41, 5.74) is 6.07. The summed E-state index contributed by atoms with van der Waals surface area (Å²) in [7, 11) is -3.46. The molecule has 1 heterocycles. The van der Waals surface area contributed by atoms with Crippen molar-refractivity contribution in [1.29, 1.82) is 0 Å². The molecule has 0 bridgehead atoms. The monoisotopic (exact) mass is 270 g/mol. The number of hydrogen-bond acceptors (Lipinski definition) is 4. The second kappa shape index (κ2) is 5.69. The third-order valence-electron chi connectivity index (χ3n) is 2.97. The first kappa shape index (κ1) is 13.3. The Morgan fingerprint density at radius 1 is 1.28 bits per heavy atom. The highest BCUT2D eigenvalue weighted by molar-refractivity contribution is 7.89. The molecule has 0 aliphatic carbocycles. The largest absolute Gasteiger partial charge is 0.399 e. The van der Waals surface area contributed by atoms with E-state index in [1.165, 1.54) is 12.1 Å². The van der Waals surface area contributed by atoms with Crippen LogP contribution in [-0.2, 0) is 14.8 Å². The number of rotatable bonds is 4. The summed E-state index contributed by atoms with van der Waals surface area (Å²) < 4.78 is 32.0. The SMILES string of the molecule is Nc1ccc(S(=O)(=O)NCC2CCCCO2)cc1. The summed E-state index contributed by atoms with van der Waals surface area (Å²) in [6.45, 7) is 1.04. The van der Waals surface area contributed by atoms with Crippen molar-refractivity contribution in [2.45, 2.75) is 30.3 Å². The lowest BCUT2D eigenvalue weighted by Crippen LogP contribution is -2.35. The first-order chi connectivity index (χ1) is 8.58. The minimum atomic E-state index is -3.46. The first-order valence-corrected chi connectivity index (χ1v) is 7.53. The van der Waals surface area contributed by atoms with Gasteiger partial charge in [-0.2, -0.15) is 0 Å². The van der Waals surface area contributed by atoms with Crippen molar-refractivity contribution in [3.05, 3.63) is 24.3 Å². The number of sulfonamides is 1. The van der Waals surface area contributed by atoms with Crippen molar-refractivity contribution in [3.63, 3.8) is 0 Å². The molecule has 0 spiro atoms. The van der Waals surface area contributed by atoms with Crippen LogP contribution in [-0.4, -0.2) is 27.7 Å². The highest BCUT2D eigenvalue weighted by atomic mass is 32.2. The molecule has 0 radical (unpaired) electrons. The molecule has 1 atom stereocenters. The minimum Gasteiger partial charge on any atom is -0.399 e. The standard InChI is InChI=1S/C12H18N2O3S/c13-10-4-6-12(7-5-10)18(15,16)14-9-11-3-1-2-8-17-11/h4-7,11,14H,1-3,8-9,13H2. The average molecular weight is 270 g/mol. The van der Waals surface area contributed by atoms with Crippen LogP contribution >= 0.6 is 0 Å². The van der Waals surface area contributed by atoms with Gasteiger partial charge in [-0.05, 0) is 43.5 Å². The first-order valence-electron chi connectivity index (χ1n) is 6.05. The van der Waals surface area contributed by atoms with E-state index in [-0.39, 0.29) is 11.0 Å². The maximum absolute atomic E-state index is 12.0. The van der Waals surface area contributed by atoms with Gasteiger partial charge in [0.1, 0.15) is 0 Å². The molecule has 0 aromatic heterocycles. The fourth-order valence-corrected chi connectivity index (χ4v) is 2.97. The highest BCUT2D eigenvalue weighted by Gasteiger charge is 2.18. The molecule has 1 aromatic rings. The lowest BCUT2D eigenvalue weighted by Gasteiger charge is -2.22. The van der Waals surface area contributed by atoms with Crippen molar-refractivity contribution >= 4 is 15.7 Å². The molecule has 0 amide bonds. The Hall–Kier alpha value is -1.11. The predicted octanol–water partition coefficient (Wildman–Crippen LogP) is 1.12. The van der Waals surface area contributed by atoms with E-state index in [2.05, 4.69) is 4.72 Å². The van der Waals surface area contributed by atoms with Gasteiger partial charge in [0, 0.05) is 18.8 Å². The Balaban J connectivity index is 1.96. The van der Waals surface area contributed by atoms with Crippen LogP contribution in [0.25, 0.3) is 0 Å². The number of ether oxygens (including phenoxy) is 1. The molecule has 1 fully saturated rings. The van der Waals surface area contributed by atoms with Crippen molar-refractivity contribution in [1.82, 2.24) is 4.72 Å². The molecular weight excluding hydrogens is 252 g/mol. The lowest BCUT2D eigenvalue weighted by molar-refractivity contribution is 0.0200. The molecule has 1 aliphatic heterocycles. The Labute approximate surface area is 107 Å². The van der Waals surface area contributed by atoms with Gasteiger partial charge >= 0.3 is 0 Å². The van der Waals surface area contributed by atoms with E-state index in [9.17, 15) is 8.42 Å². The van der Waals surface area contributed by atoms with E-state index in [0.717, 1.165) is 19.3 Å². The van der Waals surface area contributed by atoms with Crippen LogP contribution in [0.5, 0.6) is 0 Å². The molecule has 1 unspecified atom stereocenters. The summed E-state index contributed by atoms with van der Waals surface area (Å²) in [6.07, 6.45) is 3.04. The molecular formula is C12H18N2O3S. The Morgan fingerprint density at radius 3 is 2.61 bits per heavy atom. The molecule has 1 aliphatic rings. The molecule has 1 aromatic carbocycles. The highest BCUT2D eigenvalue weighted by Crippen LogP contribution is 2.14. The summed E-state index contributed by atoms with van der Waals surface area (Å²) in [5, 5.41) is 0. The molecule has 6 heteroatoms. The Kier molecular flexibility index (Phi) is 4.21. The van der Waals surface area contributed by atoms with Gasteiger partial charge in [-0.15, -0.1) is 0 Å². The molecule has 3 N–H and O–H groups in total. The Morgan fingerprint density at radius 2 is 2.00 bits per heavy atom. The van der Waals surface area contributed by atoms with Gasteiger partial charge in [-0.3, -0.25) is 0 Å². The molecule has 100 valence electrons. The molecule has 18 heavy (non-hydrogen) atoms. The van der Waals surface area contributed by atoms with E-state index in [4.69, 9.17) is 10.5 Å². The second-order valence-electron chi connectivity index (χ2n) is 4.41. The maximum atomic E-state index is 12.0. The van der Waals surface area contributed by atoms with Crippen molar-refractivity contribution in [2.24, 2.45) is 0 Å². The fraction of sp³-hybridized carbons (Fsp3) is 0.500. The molecule has 0 saturated carbocycles. The summed E-state index contributed by atoms with van der Waals surface area (Å²) >= 11 is 0. The van der Waals surface area contributed by atoms with Crippen molar-refractivity contribution in [3.8, 4) is 0 Å². The van der Waals surface area contributed by atoms with E-state index in [1.54, 1.807) is 12.1 Å². The van der Waals surface area contributed by atoms with E-state index < -0.39 is 10.0 Å². The topological polar surface area (TPSA) is 81.4 Å². The van der Waals surface area contributed by atoms with Crippen LogP contribution in [0, 0.1) is 0 Å². The molecule has 5 nitrogen and oxygen atoms in total. The third-order valence-corrected chi connectivity index (χ3v) is 4.40. The van der Waals surface area contributed by atoms with Gasteiger partial charge in [0.15, 0.2) is 0 Å². The fourth-order valence-electron chi connectivity index (χ4n) is 1.90. The van der Waals surface area contributed by atoms with E-state index in [0.29, 0.717) is 18.8 Å². The number of hydrogen-bond donors (Lipinski definition) is 2. The quantitative estimate of drug-likeness (QED) is 0.803. The van der Waals surface area contributed by atoms with Crippen LogP contribution in [0.3, 0.4) is 0 Å². The minimum absolute atomic E-state index is 0.0118. The summed E-state index contributed by atoms with van der Waals surface area (Å²) in [6, 6.07) is 6.15. The second-order valence-corrected chi connectivity index (χ2v) is 6.18. The van der Waals surface area contributed by atoms with Gasteiger partial charge in [-0.1, -0.05) is 0 Å². The van der Waals surface area contributed by atoms with Gasteiger partial charge < -0.3 is 10.5 Å². The van der Waals surface area contributed by atoms with E-state index >= 15 is 0 Å². The summed E-state index contributed by atoms with van der Waals surface area (Å²) in [4.78, 5) is 0.229. The number of nitrogens with one attached hydrogen (secondary N) is 1. The maximum Gasteiger partial charge on any atom is 0.240 e. The van der Waals surface area contributed by atoms with Gasteiger partial charge in [0.2, 0.25) is 10.0 Å². The predicted molar refractivity (Wildman–Crippen MR) is 69.6 cm³/mol. The smallest absolute Gasteiger partial charge is 0.240 e. The number of nitrogen functional groups attached to an aromatic ring is 1. The van der Waals surface area contributed by atoms with Crippen molar-refractivity contribution in [2.75, 3.05) is 18.9 Å². The van der Waals surface area contributed by atoms with Crippen LogP contribution < -0.4 is 10.5 Å². The van der Waals surface area contributed by atoms with Gasteiger partial charge in [-0.25, -0.2) is 13.1 Å². The zero-order valence-electron chi connectivity index (χ0n) is 10.1. The zero-order chi connectivity index (χ0) is 13.0. The number of nitrogens with two attached hydrogens (primary N) is 1. The normalized spacial score (nSPS) is 20.8. The lowest BCUT2D eigenvalue weighted by atomic mass is 10.1. The summed E-state index contributed by atoms with van der Waals surface area (Å²) in [5.74, 6) is 0. The van der Waals surface area contributed by atoms with Crippen LogP contribution in [0.4, 0.5) is 5.69 Å². The molecule has 1 saturated heterocycles. The van der Waals surface area contributed by atoms with E-state index in [1.807, 2.05) is 0 Å². The third kappa shape index (κ3) is 3.44. The number of anilines is 1. The number of benzene rings is 1. The van der Waals surface area contributed by atoms with Gasteiger partial charge in [0.25, 0.3) is 0 Å². The van der Waals surface area contributed by atoms with Crippen LogP contribution in [0.1, 0.15) is 19.3 Å².